The molecule has 9 nitrogen and oxygen atoms in total. The maximum atomic E-state index is 12.7. The molecule has 0 aliphatic carbocycles. The van der Waals surface area contributed by atoms with Gasteiger partial charge < -0.3 is 14.2 Å². The summed E-state index contributed by atoms with van der Waals surface area (Å²) in [5.74, 6) is -1.18. The highest BCUT2D eigenvalue weighted by Crippen LogP contribution is 2.27. The average Bonchev–Trinajstić information content (AvgIpc) is 3.23. The van der Waals surface area contributed by atoms with Crippen LogP contribution in [-0.4, -0.2) is 69.0 Å². The summed E-state index contributed by atoms with van der Waals surface area (Å²) in [6.45, 7) is 1.24. The topological polar surface area (TPSA) is 107 Å². The van der Waals surface area contributed by atoms with Gasteiger partial charge in [-0.15, -0.1) is 0 Å². The molecule has 3 rings (SSSR count). The van der Waals surface area contributed by atoms with E-state index in [0.717, 1.165) is 23.3 Å². The molecule has 0 saturated carbocycles. The SMILES string of the molecule is COc1ccc(CCN2C(=O)NC(=O)[C@H](C=NC[C@@H]3CCCO3)C2=O)cc1OC. The van der Waals surface area contributed by atoms with Crippen LogP contribution in [0.25, 0.3) is 0 Å². The number of imide groups is 2. The number of aliphatic imine (C=N–C) groups is 1. The van der Waals surface area contributed by atoms with Crippen LogP contribution in [0.3, 0.4) is 0 Å². The van der Waals surface area contributed by atoms with E-state index in [2.05, 4.69) is 10.3 Å². The lowest BCUT2D eigenvalue weighted by molar-refractivity contribution is -0.139. The van der Waals surface area contributed by atoms with E-state index in [1.807, 2.05) is 6.07 Å². The number of rotatable bonds is 8. The molecule has 0 bridgehead atoms. The van der Waals surface area contributed by atoms with Crippen molar-refractivity contribution < 1.29 is 28.6 Å². The van der Waals surface area contributed by atoms with Crippen molar-refractivity contribution in [3.63, 3.8) is 0 Å². The number of amides is 4. The third-order valence-corrected chi connectivity index (χ3v) is 4.95. The van der Waals surface area contributed by atoms with Crippen LogP contribution in [0.2, 0.25) is 0 Å². The maximum Gasteiger partial charge on any atom is 0.330 e. The van der Waals surface area contributed by atoms with Gasteiger partial charge in [0.2, 0.25) is 11.8 Å². The van der Waals surface area contributed by atoms with Crippen molar-refractivity contribution >= 4 is 24.1 Å². The minimum atomic E-state index is -1.11. The Hall–Kier alpha value is -2.94. The fraction of sp³-hybridized carbons (Fsp3) is 0.500. The second-order valence-corrected chi connectivity index (χ2v) is 6.85. The molecule has 0 spiro atoms. The van der Waals surface area contributed by atoms with Gasteiger partial charge in [0.25, 0.3) is 0 Å². The first-order chi connectivity index (χ1) is 14.0. The third-order valence-electron chi connectivity index (χ3n) is 4.95. The van der Waals surface area contributed by atoms with E-state index < -0.39 is 23.8 Å². The van der Waals surface area contributed by atoms with Gasteiger partial charge >= 0.3 is 6.03 Å². The van der Waals surface area contributed by atoms with Crippen LogP contribution in [0.1, 0.15) is 18.4 Å². The highest BCUT2D eigenvalue weighted by Gasteiger charge is 2.39. The van der Waals surface area contributed by atoms with Gasteiger partial charge in [0.1, 0.15) is 0 Å². The number of nitrogens with one attached hydrogen (secondary N) is 1. The minimum absolute atomic E-state index is 0.0239. The molecular weight excluding hydrogens is 378 g/mol. The van der Waals surface area contributed by atoms with Crippen LogP contribution in [0.15, 0.2) is 23.2 Å². The molecule has 2 atom stereocenters. The van der Waals surface area contributed by atoms with Crippen molar-refractivity contribution in [3.8, 4) is 11.5 Å². The maximum absolute atomic E-state index is 12.7. The summed E-state index contributed by atoms with van der Waals surface area (Å²) in [5.41, 5.74) is 0.865. The zero-order chi connectivity index (χ0) is 20.8. The summed E-state index contributed by atoms with van der Waals surface area (Å²) >= 11 is 0. The normalized spacial score (nSPS) is 22.3. The number of carbonyl (C=O) groups excluding carboxylic acids is 3. The summed E-state index contributed by atoms with van der Waals surface area (Å²) < 4.78 is 16.0. The summed E-state index contributed by atoms with van der Waals surface area (Å²) in [6, 6.07) is 4.66. The fourth-order valence-electron chi connectivity index (χ4n) is 3.32. The van der Waals surface area contributed by atoms with Crippen molar-refractivity contribution in [3.05, 3.63) is 23.8 Å². The molecular formula is C20H25N3O6. The van der Waals surface area contributed by atoms with Crippen LogP contribution in [0.4, 0.5) is 4.79 Å². The first-order valence-electron chi connectivity index (χ1n) is 9.52. The van der Waals surface area contributed by atoms with E-state index in [1.54, 1.807) is 19.2 Å². The Bertz CT molecular complexity index is 803. The molecule has 2 heterocycles. The molecule has 0 aromatic heterocycles. The molecule has 9 heteroatoms. The Morgan fingerprint density at radius 1 is 1.24 bits per heavy atom. The third kappa shape index (κ3) is 4.92. The Kier molecular flexibility index (Phi) is 6.82. The number of nitrogens with zero attached hydrogens (tertiary/aromatic N) is 2. The van der Waals surface area contributed by atoms with Crippen molar-refractivity contribution in [1.29, 1.82) is 0 Å². The van der Waals surface area contributed by atoms with Crippen LogP contribution < -0.4 is 14.8 Å². The van der Waals surface area contributed by atoms with Crippen LogP contribution in [-0.2, 0) is 20.7 Å². The smallest absolute Gasteiger partial charge is 0.330 e. The number of benzene rings is 1. The standard InChI is InChI=1S/C20H25N3O6/c1-27-16-6-5-13(10-17(16)28-2)7-8-23-19(25)15(18(24)22-20(23)26)12-21-11-14-4-3-9-29-14/h5-6,10,12,14-15H,3-4,7-9,11H2,1-2H3,(H,22,24,26)/t14-,15-/m0/s1. The van der Waals surface area contributed by atoms with Crippen molar-refractivity contribution in [1.82, 2.24) is 10.2 Å². The number of urea groups is 1. The van der Waals surface area contributed by atoms with Crippen LogP contribution in [0.5, 0.6) is 11.5 Å². The van der Waals surface area contributed by atoms with Crippen molar-refractivity contribution in [2.45, 2.75) is 25.4 Å². The van der Waals surface area contributed by atoms with E-state index in [-0.39, 0.29) is 12.6 Å². The highest BCUT2D eigenvalue weighted by molar-refractivity contribution is 6.23. The second-order valence-electron chi connectivity index (χ2n) is 6.85. The number of ether oxygens (including phenoxy) is 3. The molecule has 0 radical (unpaired) electrons. The summed E-state index contributed by atoms with van der Waals surface area (Å²) in [6.07, 6.45) is 3.65. The second kappa shape index (κ2) is 9.51. The van der Waals surface area contributed by atoms with Crippen molar-refractivity contribution in [2.24, 2.45) is 10.9 Å². The average molecular weight is 403 g/mol. The lowest BCUT2D eigenvalue weighted by atomic mass is 10.1. The molecule has 2 saturated heterocycles. The largest absolute Gasteiger partial charge is 0.493 e. The van der Waals surface area contributed by atoms with Gasteiger partial charge in [-0.1, -0.05) is 6.07 Å². The Morgan fingerprint density at radius 3 is 2.72 bits per heavy atom. The lowest BCUT2D eigenvalue weighted by Crippen LogP contribution is -2.58. The molecule has 0 unspecified atom stereocenters. The lowest BCUT2D eigenvalue weighted by Gasteiger charge is -2.28. The summed E-state index contributed by atoms with van der Waals surface area (Å²) in [5, 5.41) is 2.23. The molecule has 1 aromatic rings. The van der Waals surface area contributed by atoms with Gasteiger partial charge in [0.15, 0.2) is 17.4 Å². The van der Waals surface area contributed by atoms with Gasteiger partial charge in [-0.3, -0.25) is 24.8 Å². The number of hydrogen-bond acceptors (Lipinski definition) is 7. The summed E-state index contributed by atoms with van der Waals surface area (Å²) in [4.78, 5) is 42.2. The molecule has 1 N–H and O–H groups in total. The molecule has 156 valence electrons. The quantitative estimate of drug-likeness (QED) is 0.516. The number of hydrogen-bond donors (Lipinski definition) is 1. The number of carbonyl (C=O) groups is 3. The minimum Gasteiger partial charge on any atom is -0.493 e. The monoisotopic (exact) mass is 403 g/mol. The molecule has 4 amide bonds. The Labute approximate surface area is 169 Å². The Morgan fingerprint density at radius 2 is 2.03 bits per heavy atom. The number of barbiturate groups is 1. The molecule has 2 fully saturated rings. The fourth-order valence-corrected chi connectivity index (χ4v) is 3.32. The Balaban J connectivity index is 1.63. The van der Waals surface area contributed by atoms with Crippen LogP contribution in [0, 0.1) is 5.92 Å². The molecule has 2 aliphatic rings. The van der Waals surface area contributed by atoms with E-state index in [0.29, 0.717) is 31.1 Å². The first-order valence-corrected chi connectivity index (χ1v) is 9.52. The summed E-state index contributed by atoms with van der Waals surface area (Å²) in [7, 11) is 3.08. The van der Waals surface area contributed by atoms with Gasteiger partial charge in [-0.25, -0.2) is 4.79 Å². The van der Waals surface area contributed by atoms with Gasteiger partial charge in [0, 0.05) is 19.4 Å². The first kappa shape index (κ1) is 20.8. The zero-order valence-electron chi connectivity index (χ0n) is 16.6. The van der Waals surface area contributed by atoms with Gasteiger partial charge in [-0.2, -0.15) is 0 Å². The van der Waals surface area contributed by atoms with E-state index in [9.17, 15) is 14.4 Å². The van der Waals surface area contributed by atoms with E-state index in [1.165, 1.54) is 13.3 Å². The molecule has 1 aromatic carbocycles. The number of methoxy groups -OCH3 is 2. The van der Waals surface area contributed by atoms with Gasteiger partial charge in [0.05, 0.1) is 26.9 Å². The van der Waals surface area contributed by atoms with Crippen molar-refractivity contribution in [2.75, 3.05) is 33.9 Å². The predicted octanol–water partition coefficient (Wildman–Crippen LogP) is 1.19. The van der Waals surface area contributed by atoms with E-state index >= 15 is 0 Å². The van der Waals surface area contributed by atoms with Gasteiger partial charge in [-0.05, 0) is 37.0 Å². The molecule has 29 heavy (non-hydrogen) atoms. The van der Waals surface area contributed by atoms with Crippen LogP contribution >= 0.6 is 0 Å². The molecule has 2 aliphatic heterocycles. The zero-order valence-corrected chi connectivity index (χ0v) is 16.6. The highest BCUT2D eigenvalue weighted by atomic mass is 16.5. The predicted molar refractivity (Wildman–Crippen MR) is 104 cm³/mol. The van der Waals surface area contributed by atoms with E-state index in [4.69, 9.17) is 14.2 Å².